The predicted molar refractivity (Wildman–Crippen MR) is 78.1 cm³/mol. The second-order valence-corrected chi connectivity index (χ2v) is 6.91. The Hall–Kier alpha value is -0.900. The molecule has 1 aromatic rings. The van der Waals surface area contributed by atoms with E-state index in [4.69, 9.17) is 0 Å². The molecule has 1 aliphatic heterocycles. The van der Waals surface area contributed by atoms with Crippen LogP contribution in [0, 0.1) is 0 Å². The van der Waals surface area contributed by atoms with E-state index in [-0.39, 0.29) is 11.1 Å². The van der Waals surface area contributed by atoms with Crippen LogP contribution >= 0.6 is 0 Å². The molecule has 0 spiro atoms. The molecule has 106 valence electrons. The van der Waals surface area contributed by atoms with E-state index in [9.17, 15) is 5.21 Å². The topological polar surface area (TPSA) is 35.5 Å². The maximum atomic E-state index is 10.3. The summed E-state index contributed by atoms with van der Waals surface area (Å²) in [4.78, 5) is 0. The minimum atomic E-state index is -0.184. The van der Waals surface area contributed by atoms with Gasteiger partial charge in [-0.2, -0.15) is 5.06 Å². The van der Waals surface area contributed by atoms with Gasteiger partial charge in [-0.25, -0.2) is 0 Å². The summed E-state index contributed by atoms with van der Waals surface area (Å²) in [5, 5.41) is 15.4. The molecule has 19 heavy (non-hydrogen) atoms. The predicted octanol–water partition coefficient (Wildman–Crippen LogP) is 3.19. The minimum absolute atomic E-state index is 0.184. The smallest absolute Gasteiger partial charge is 0.0425 e. The monoisotopic (exact) mass is 262 g/mol. The molecule has 1 fully saturated rings. The highest BCUT2D eigenvalue weighted by molar-refractivity contribution is 5.14. The van der Waals surface area contributed by atoms with Crippen molar-refractivity contribution in [1.82, 2.24) is 10.4 Å². The van der Waals surface area contributed by atoms with E-state index in [0.29, 0.717) is 6.04 Å². The van der Waals surface area contributed by atoms with Crippen molar-refractivity contribution >= 4 is 0 Å². The van der Waals surface area contributed by atoms with Crippen LogP contribution in [0.15, 0.2) is 30.3 Å². The maximum absolute atomic E-state index is 10.3. The van der Waals surface area contributed by atoms with Crippen molar-refractivity contribution in [3.63, 3.8) is 0 Å². The Balaban J connectivity index is 1.98. The van der Waals surface area contributed by atoms with E-state index in [2.05, 4.69) is 57.3 Å². The number of nitrogens with one attached hydrogen (secondary N) is 1. The third-order valence-corrected chi connectivity index (χ3v) is 4.08. The van der Waals surface area contributed by atoms with E-state index < -0.39 is 0 Å². The van der Waals surface area contributed by atoms with Crippen LogP contribution in [-0.4, -0.2) is 27.4 Å². The Labute approximate surface area is 116 Å². The maximum Gasteiger partial charge on any atom is 0.0425 e. The van der Waals surface area contributed by atoms with Crippen LogP contribution in [0.1, 0.15) is 46.1 Å². The zero-order valence-corrected chi connectivity index (χ0v) is 12.5. The standard InChI is InChI=1S/C16H26N2O/c1-15(2)10-14(11-16(3,4)18(15)19)17-12-13-8-6-5-7-9-13/h5-9,14,17,19H,10-12H2,1-4H3. The van der Waals surface area contributed by atoms with E-state index in [1.54, 1.807) is 0 Å². The number of piperidine rings is 1. The van der Waals surface area contributed by atoms with Gasteiger partial charge in [-0.05, 0) is 46.1 Å². The van der Waals surface area contributed by atoms with Gasteiger partial charge < -0.3 is 10.5 Å². The van der Waals surface area contributed by atoms with Crippen LogP contribution in [0.25, 0.3) is 0 Å². The Bertz CT molecular complexity index is 396. The van der Waals surface area contributed by atoms with Crippen molar-refractivity contribution < 1.29 is 5.21 Å². The highest BCUT2D eigenvalue weighted by Gasteiger charge is 2.44. The van der Waals surface area contributed by atoms with Gasteiger partial charge >= 0.3 is 0 Å². The van der Waals surface area contributed by atoms with Crippen molar-refractivity contribution in [2.24, 2.45) is 0 Å². The van der Waals surface area contributed by atoms with E-state index >= 15 is 0 Å². The number of hydrogen-bond acceptors (Lipinski definition) is 3. The molecule has 0 aromatic heterocycles. The van der Waals surface area contributed by atoms with Gasteiger partial charge in [0.25, 0.3) is 0 Å². The van der Waals surface area contributed by atoms with Crippen LogP contribution in [0.2, 0.25) is 0 Å². The molecule has 0 aliphatic carbocycles. The summed E-state index contributed by atoms with van der Waals surface area (Å²) in [5.74, 6) is 0. The van der Waals surface area contributed by atoms with Crippen LogP contribution < -0.4 is 5.32 Å². The molecule has 0 amide bonds. The molecule has 1 aliphatic rings. The highest BCUT2D eigenvalue weighted by atomic mass is 16.5. The molecule has 1 saturated heterocycles. The fourth-order valence-electron chi connectivity index (χ4n) is 3.27. The van der Waals surface area contributed by atoms with Crippen LogP contribution in [0.5, 0.6) is 0 Å². The third kappa shape index (κ3) is 3.35. The molecular formula is C16H26N2O. The average Bonchev–Trinajstić information content (AvgIpc) is 2.34. The first-order chi connectivity index (χ1) is 8.81. The SMILES string of the molecule is CC1(C)CC(NCc2ccccc2)CC(C)(C)N1O. The largest absolute Gasteiger partial charge is 0.313 e. The first kappa shape index (κ1) is 14.5. The summed E-state index contributed by atoms with van der Waals surface area (Å²) in [6, 6.07) is 10.9. The molecule has 2 rings (SSSR count). The van der Waals surface area contributed by atoms with Gasteiger partial charge in [0.05, 0.1) is 0 Å². The van der Waals surface area contributed by atoms with Gasteiger partial charge in [0, 0.05) is 23.7 Å². The lowest BCUT2D eigenvalue weighted by Crippen LogP contribution is -2.62. The van der Waals surface area contributed by atoms with Crippen LogP contribution in [-0.2, 0) is 6.54 Å². The normalized spacial score (nSPS) is 23.4. The van der Waals surface area contributed by atoms with Crippen LogP contribution in [0.4, 0.5) is 0 Å². The Morgan fingerprint density at radius 3 is 2.16 bits per heavy atom. The van der Waals surface area contributed by atoms with Crippen LogP contribution in [0.3, 0.4) is 0 Å². The molecule has 0 unspecified atom stereocenters. The lowest BCUT2D eigenvalue weighted by Gasteiger charge is -2.51. The van der Waals surface area contributed by atoms with Gasteiger partial charge in [-0.1, -0.05) is 30.3 Å². The minimum Gasteiger partial charge on any atom is -0.313 e. The lowest BCUT2D eigenvalue weighted by molar-refractivity contribution is -0.246. The average molecular weight is 262 g/mol. The zero-order valence-electron chi connectivity index (χ0n) is 12.5. The molecule has 3 heteroatoms. The Kier molecular flexibility index (Phi) is 4.00. The van der Waals surface area contributed by atoms with Crippen molar-refractivity contribution in [2.45, 2.75) is 64.2 Å². The number of rotatable bonds is 3. The van der Waals surface area contributed by atoms with E-state index in [1.807, 2.05) is 6.07 Å². The summed E-state index contributed by atoms with van der Waals surface area (Å²) in [7, 11) is 0. The van der Waals surface area contributed by atoms with E-state index in [0.717, 1.165) is 19.4 Å². The van der Waals surface area contributed by atoms with E-state index in [1.165, 1.54) is 10.6 Å². The number of hydrogen-bond donors (Lipinski definition) is 2. The molecule has 0 bridgehead atoms. The number of benzene rings is 1. The van der Waals surface area contributed by atoms with Gasteiger partial charge in [0.2, 0.25) is 0 Å². The summed E-state index contributed by atoms with van der Waals surface area (Å²) in [6.07, 6.45) is 1.92. The summed E-state index contributed by atoms with van der Waals surface area (Å²) in [6.45, 7) is 9.30. The zero-order chi connectivity index (χ0) is 14.1. The van der Waals surface area contributed by atoms with Gasteiger partial charge in [-0.3, -0.25) is 0 Å². The summed E-state index contributed by atoms with van der Waals surface area (Å²) in [5.41, 5.74) is 0.941. The number of nitrogens with zero attached hydrogens (tertiary/aromatic N) is 1. The summed E-state index contributed by atoms with van der Waals surface area (Å²) < 4.78 is 0. The molecule has 3 nitrogen and oxygen atoms in total. The number of hydroxylamine groups is 2. The van der Waals surface area contributed by atoms with Gasteiger partial charge in [-0.15, -0.1) is 0 Å². The van der Waals surface area contributed by atoms with Crippen molar-refractivity contribution in [1.29, 1.82) is 0 Å². The highest BCUT2D eigenvalue weighted by Crippen LogP contribution is 2.36. The Morgan fingerprint density at radius 1 is 1.11 bits per heavy atom. The second-order valence-electron chi connectivity index (χ2n) is 6.91. The molecule has 1 heterocycles. The van der Waals surface area contributed by atoms with Crippen molar-refractivity contribution in [3.05, 3.63) is 35.9 Å². The molecule has 1 aromatic carbocycles. The molecule has 0 radical (unpaired) electrons. The van der Waals surface area contributed by atoms with Gasteiger partial charge in [0.1, 0.15) is 0 Å². The molecular weight excluding hydrogens is 236 g/mol. The molecule has 2 N–H and O–H groups in total. The quantitative estimate of drug-likeness (QED) is 0.878. The van der Waals surface area contributed by atoms with Crippen molar-refractivity contribution in [2.75, 3.05) is 0 Å². The summed E-state index contributed by atoms with van der Waals surface area (Å²) >= 11 is 0. The fourth-order valence-corrected chi connectivity index (χ4v) is 3.27. The van der Waals surface area contributed by atoms with Crippen molar-refractivity contribution in [3.8, 4) is 0 Å². The fraction of sp³-hybridized carbons (Fsp3) is 0.625. The second kappa shape index (κ2) is 5.23. The first-order valence-corrected chi connectivity index (χ1v) is 7.08. The molecule has 0 saturated carbocycles. The first-order valence-electron chi connectivity index (χ1n) is 7.08. The Morgan fingerprint density at radius 2 is 1.63 bits per heavy atom. The molecule has 0 atom stereocenters. The van der Waals surface area contributed by atoms with Gasteiger partial charge in [0.15, 0.2) is 0 Å². The lowest BCUT2D eigenvalue weighted by atomic mass is 9.79. The third-order valence-electron chi connectivity index (χ3n) is 4.08.